The number of carboxylic acids is 1. The van der Waals surface area contributed by atoms with Gasteiger partial charge in [0.1, 0.15) is 12.4 Å². The van der Waals surface area contributed by atoms with E-state index >= 15 is 0 Å². The minimum Gasteiger partial charge on any atom is -0.477 e. The highest BCUT2D eigenvalue weighted by atomic mass is 16.5. The molecule has 5 rings (SSSR count). The molecule has 7 nitrogen and oxygen atoms in total. The fourth-order valence-corrected chi connectivity index (χ4v) is 4.59. The van der Waals surface area contributed by atoms with Crippen LogP contribution in [-0.4, -0.2) is 33.3 Å². The summed E-state index contributed by atoms with van der Waals surface area (Å²) in [7, 11) is 0. The van der Waals surface area contributed by atoms with E-state index in [9.17, 15) is 14.7 Å². The smallest absolute Gasteiger partial charge is 0.420 e. The van der Waals surface area contributed by atoms with Gasteiger partial charge in [0.2, 0.25) is 0 Å². The number of imidazole rings is 1. The number of ether oxygens (including phenoxy) is 1. The van der Waals surface area contributed by atoms with Crippen LogP contribution < -0.4 is 5.73 Å². The lowest BCUT2D eigenvalue weighted by Gasteiger charge is -2.17. The third-order valence-electron chi connectivity index (χ3n) is 6.16. The number of aromatic carboxylic acids is 1. The Balaban J connectivity index is 1.41. The number of hydrogen-bond acceptors (Lipinski definition) is 5. The SMILES string of the molecule is NC(Cc1ccccc1)c1ncc(C(=O)O)n1C(=O)OCC1c2ccccc2-c2ccccc21. The molecule has 3 N–H and O–H groups in total. The van der Waals surface area contributed by atoms with E-state index in [4.69, 9.17) is 10.5 Å². The zero-order valence-electron chi connectivity index (χ0n) is 18.3. The zero-order chi connectivity index (χ0) is 23.7. The molecule has 1 unspecified atom stereocenters. The Labute approximate surface area is 196 Å². The first-order valence-corrected chi connectivity index (χ1v) is 11.0. The first-order chi connectivity index (χ1) is 16.5. The van der Waals surface area contributed by atoms with E-state index in [-0.39, 0.29) is 24.0 Å². The highest BCUT2D eigenvalue weighted by molar-refractivity contribution is 5.90. The molecule has 0 amide bonds. The maximum atomic E-state index is 13.2. The number of hydrogen-bond donors (Lipinski definition) is 2. The normalized spacial score (nSPS) is 13.2. The van der Waals surface area contributed by atoms with E-state index in [0.717, 1.165) is 38.6 Å². The molecule has 1 aliphatic carbocycles. The van der Waals surface area contributed by atoms with Crippen LogP contribution in [0.3, 0.4) is 0 Å². The van der Waals surface area contributed by atoms with Gasteiger partial charge in [-0.05, 0) is 34.2 Å². The summed E-state index contributed by atoms with van der Waals surface area (Å²) < 4.78 is 6.66. The molecule has 1 atom stereocenters. The van der Waals surface area contributed by atoms with Gasteiger partial charge >= 0.3 is 12.1 Å². The molecule has 0 saturated heterocycles. The maximum Gasteiger partial charge on any atom is 0.420 e. The van der Waals surface area contributed by atoms with Crippen LogP contribution in [0.2, 0.25) is 0 Å². The van der Waals surface area contributed by atoms with Gasteiger partial charge in [0.15, 0.2) is 5.69 Å². The second-order valence-electron chi connectivity index (χ2n) is 8.24. The Morgan fingerprint density at radius 2 is 1.53 bits per heavy atom. The van der Waals surface area contributed by atoms with E-state index in [0.29, 0.717) is 6.42 Å². The number of carbonyl (C=O) groups is 2. The minimum absolute atomic E-state index is 0.0669. The number of fused-ring (bicyclic) bond motifs is 3. The van der Waals surface area contributed by atoms with Gasteiger partial charge in [-0.1, -0.05) is 78.9 Å². The average molecular weight is 453 g/mol. The fraction of sp³-hybridized carbons (Fsp3) is 0.148. The first kappa shape index (κ1) is 21.6. The van der Waals surface area contributed by atoms with Crippen LogP contribution >= 0.6 is 0 Å². The van der Waals surface area contributed by atoms with Crippen molar-refractivity contribution < 1.29 is 19.4 Å². The summed E-state index contributed by atoms with van der Waals surface area (Å²) in [5.41, 5.74) is 11.4. The summed E-state index contributed by atoms with van der Waals surface area (Å²) in [6.45, 7) is 0.0669. The van der Waals surface area contributed by atoms with E-state index in [2.05, 4.69) is 17.1 Å². The third kappa shape index (κ3) is 3.86. The largest absolute Gasteiger partial charge is 0.477 e. The molecular formula is C27H23N3O4. The maximum absolute atomic E-state index is 13.2. The van der Waals surface area contributed by atoms with Gasteiger partial charge in [0.25, 0.3) is 0 Å². The monoisotopic (exact) mass is 453 g/mol. The van der Waals surface area contributed by atoms with E-state index in [1.807, 2.05) is 66.7 Å². The van der Waals surface area contributed by atoms with Gasteiger partial charge < -0.3 is 15.6 Å². The number of carboxylic acid groups (broad SMARTS) is 1. The van der Waals surface area contributed by atoms with Crippen LogP contribution in [0.1, 0.15) is 45.0 Å². The highest BCUT2D eigenvalue weighted by Gasteiger charge is 2.31. The summed E-state index contributed by atoms with van der Waals surface area (Å²) in [5, 5.41) is 9.63. The number of benzene rings is 3. The van der Waals surface area contributed by atoms with Crippen LogP contribution in [0.25, 0.3) is 11.1 Å². The molecule has 0 saturated carbocycles. The van der Waals surface area contributed by atoms with Crippen LogP contribution in [-0.2, 0) is 11.2 Å². The van der Waals surface area contributed by atoms with Crippen molar-refractivity contribution in [3.8, 4) is 11.1 Å². The molecule has 0 fully saturated rings. The second-order valence-corrected chi connectivity index (χ2v) is 8.24. The number of carbonyl (C=O) groups excluding carboxylic acids is 1. The molecule has 1 aromatic heterocycles. The summed E-state index contributed by atoms with van der Waals surface area (Å²) in [6.07, 6.45) is 0.729. The number of nitrogens with zero attached hydrogens (tertiary/aromatic N) is 2. The molecule has 1 heterocycles. The number of rotatable bonds is 6. The van der Waals surface area contributed by atoms with Crippen molar-refractivity contribution in [1.29, 1.82) is 0 Å². The van der Waals surface area contributed by atoms with Crippen LogP contribution in [0, 0.1) is 0 Å². The molecule has 0 radical (unpaired) electrons. The zero-order valence-corrected chi connectivity index (χ0v) is 18.3. The van der Waals surface area contributed by atoms with Crippen molar-refractivity contribution in [2.75, 3.05) is 6.61 Å². The quantitative estimate of drug-likeness (QED) is 0.441. The predicted octanol–water partition coefficient (Wildman–Crippen LogP) is 4.62. The van der Waals surface area contributed by atoms with E-state index < -0.39 is 18.1 Å². The lowest BCUT2D eigenvalue weighted by atomic mass is 9.98. The average Bonchev–Trinajstić information content (AvgIpc) is 3.44. The molecular weight excluding hydrogens is 430 g/mol. The van der Waals surface area contributed by atoms with Crippen molar-refractivity contribution in [1.82, 2.24) is 9.55 Å². The van der Waals surface area contributed by atoms with Crippen molar-refractivity contribution in [3.05, 3.63) is 113 Å². The van der Waals surface area contributed by atoms with Crippen LogP contribution in [0.5, 0.6) is 0 Å². The molecule has 34 heavy (non-hydrogen) atoms. The Morgan fingerprint density at radius 1 is 0.941 bits per heavy atom. The Hall–Kier alpha value is -4.23. The van der Waals surface area contributed by atoms with Gasteiger partial charge in [-0.3, -0.25) is 0 Å². The van der Waals surface area contributed by atoms with Gasteiger partial charge in [0.05, 0.1) is 12.2 Å². The Kier molecular flexibility index (Phi) is 5.69. The Bertz CT molecular complexity index is 1320. The molecule has 1 aliphatic rings. The summed E-state index contributed by atoms with van der Waals surface area (Å²) in [6, 6.07) is 24.9. The second kappa shape index (κ2) is 8.96. The lowest BCUT2D eigenvalue weighted by Crippen LogP contribution is -2.27. The van der Waals surface area contributed by atoms with Crippen LogP contribution in [0.15, 0.2) is 85.1 Å². The summed E-state index contributed by atoms with van der Waals surface area (Å²) >= 11 is 0. The van der Waals surface area contributed by atoms with Gasteiger partial charge in [0, 0.05) is 5.92 Å². The number of nitrogens with two attached hydrogens (primary N) is 1. The first-order valence-electron chi connectivity index (χ1n) is 11.0. The van der Waals surface area contributed by atoms with Crippen molar-refractivity contribution in [3.63, 3.8) is 0 Å². The van der Waals surface area contributed by atoms with Crippen molar-refractivity contribution in [2.45, 2.75) is 18.4 Å². The highest BCUT2D eigenvalue weighted by Crippen LogP contribution is 2.44. The molecule has 4 aromatic rings. The fourth-order valence-electron chi connectivity index (χ4n) is 4.59. The predicted molar refractivity (Wildman–Crippen MR) is 127 cm³/mol. The van der Waals surface area contributed by atoms with Gasteiger partial charge in [-0.2, -0.15) is 0 Å². The summed E-state index contributed by atoms with van der Waals surface area (Å²) in [4.78, 5) is 29.1. The lowest BCUT2D eigenvalue weighted by molar-refractivity contribution is 0.0680. The van der Waals surface area contributed by atoms with E-state index in [1.165, 1.54) is 0 Å². The Morgan fingerprint density at radius 3 is 2.15 bits per heavy atom. The molecule has 0 bridgehead atoms. The third-order valence-corrected chi connectivity index (χ3v) is 6.16. The topological polar surface area (TPSA) is 107 Å². The van der Waals surface area contributed by atoms with Gasteiger partial charge in [-0.25, -0.2) is 19.1 Å². The number of aromatic nitrogens is 2. The van der Waals surface area contributed by atoms with Gasteiger partial charge in [-0.15, -0.1) is 0 Å². The van der Waals surface area contributed by atoms with Crippen molar-refractivity contribution >= 4 is 12.1 Å². The molecule has 0 spiro atoms. The molecule has 0 aliphatic heterocycles. The van der Waals surface area contributed by atoms with E-state index in [1.54, 1.807) is 0 Å². The minimum atomic E-state index is -1.28. The summed E-state index contributed by atoms with van der Waals surface area (Å²) in [5.74, 6) is -1.27. The van der Waals surface area contributed by atoms with Crippen LogP contribution in [0.4, 0.5) is 4.79 Å². The molecule has 7 heteroatoms. The molecule has 170 valence electrons. The molecule has 3 aromatic carbocycles. The standard InChI is InChI=1S/C27H23N3O4/c28-23(14-17-8-2-1-3-9-17)25-29-15-24(26(31)32)30(25)27(33)34-16-22-20-12-6-4-10-18(20)19-11-5-7-13-21(19)22/h1-13,15,22-23H,14,16,28H2,(H,31,32). The van der Waals surface area contributed by atoms with Crippen molar-refractivity contribution in [2.24, 2.45) is 5.73 Å².